The lowest BCUT2D eigenvalue weighted by atomic mass is 10.1. The second-order valence-corrected chi connectivity index (χ2v) is 6.53. The van der Waals surface area contributed by atoms with E-state index in [4.69, 9.17) is 0 Å². The fourth-order valence-electron chi connectivity index (χ4n) is 1.60. The molecular weight excluding hydrogens is 436 g/mol. The molecule has 0 heterocycles. The second-order valence-electron chi connectivity index (χ2n) is 4.82. The maximum Gasteiger partial charge on any atom is 0.305 e. The zero-order valence-electron chi connectivity index (χ0n) is 13.8. The summed E-state index contributed by atoms with van der Waals surface area (Å²) in [5.41, 5.74) is 0. The van der Waals surface area contributed by atoms with E-state index in [0.29, 0.717) is 19.3 Å². The van der Waals surface area contributed by atoms with Gasteiger partial charge < -0.3 is 9.84 Å². The van der Waals surface area contributed by atoms with E-state index in [2.05, 4.69) is 72.1 Å². The van der Waals surface area contributed by atoms with Crippen LogP contribution in [0.15, 0.2) is 11.1 Å². The van der Waals surface area contributed by atoms with Crippen LogP contribution in [0.25, 0.3) is 0 Å². The summed E-state index contributed by atoms with van der Waals surface area (Å²) in [7, 11) is 1.38. The predicted octanol–water partition coefficient (Wildman–Crippen LogP) is 3.93. The number of methoxy groups -OCH3 is 1. The molecule has 0 unspecified atom stereocenters. The molecule has 0 aliphatic heterocycles. The molecule has 0 aromatic heterocycles. The summed E-state index contributed by atoms with van der Waals surface area (Å²) in [5, 5.41) is 9.79. The first kappa shape index (κ1) is 22.8. The molecule has 3 nitrogen and oxygen atoms in total. The van der Waals surface area contributed by atoms with Gasteiger partial charge in [-0.2, -0.15) is 0 Å². The predicted molar refractivity (Wildman–Crippen MR) is 104 cm³/mol. The van der Waals surface area contributed by atoms with Gasteiger partial charge in [-0.25, -0.2) is 0 Å². The summed E-state index contributed by atoms with van der Waals surface area (Å²) >= 11 is 6.57. The zero-order chi connectivity index (χ0) is 18.0. The second kappa shape index (κ2) is 16.7. The molecule has 0 saturated carbocycles. The van der Waals surface area contributed by atoms with Crippen LogP contribution < -0.4 is 0 Å². The number of halogens is 2. The number of allylic oxidation sites excluding steroid dienone is 1. The van der Waals surface area contributed by atoms with E-state index in [1.807, 2.05) is 0 Å². The molecule has 0 aromatic rings. The highest BCUT2D eigenvalue weighted by atomic mass is 79.9. The van der Waals surface area contributed by atoms with Crippen LogP contribution in [0, 0.1) is 35.5 Å². The van der Waals surface area contributed by atoms with Crippen LogP contribution in [0.5, 0.6) is 0 Å². The third-order valence-corrected chi connectivity index (χ3v) is 4.12. The summed E-state index contributed by atoms with van der Waals surface area (Å²) < 4.78 is 4.54. The van der Waals surface area contributed by atoms with E-state index < -0.39 is 6.10 Å². The highest BCUT2D eigenvalue weighted by Gasteiger charge is 2.12. The average Bonchev–Trinajstić information content (AvgIpc) is 2.59. The van der Waals surface area contributed by atoms with E-state index >= 15 is 0 Å². The highest BCUT2D eigenvalue weighted by molar-refractivity contribution is 9.11. The van der Waals surface area contributed by atoms with Crippen molar-refractivity contribution in [2.24, 2.45) is 0 Å². The van der Waals surface area contributed by atoms with Gasteiger partial charge in [0.05, 0.1) is 11.9 Å². The van der Waals surface area contributed by atoms with E-state index in [1.165, 1.54) is 7.11 Å². The van der Waals surface area contributed by atoms with Crippen molar-refractivity contribution < 1.29 is 14.6 Å². The Hall–Kier alpha value is -1.19. The normalized spacial score (nSPS) is 12.0. The third kappa shape index (κ3) is 14.4. The summed E-state index contributed by atoms with van der Waals surface area (Å²) in [5.74, 6) is 16.8. The van der Waals surface area contributed by atoms with Crippen molar-refractivity contribution in [2.75, 3.05) is 7.11 Å². The molecule has 0 aromatic carbocycles. The van der Waals surface area contributed by atoms with Crippen molar-refractivity contribution in [3.8, 4) is 35.5 Å². The Labute approximate surface area is 161 Å². The smallest absolute Gasteiger partial charge is 0.305 e. The number of unbranched alkanes of at least 4 members (excludes halogenated alkanes) is 3. The van der Waals surface area contributed by atoms with Gasteiger partial charge in [-0.1, -0.05) is 62.0 Å². The first-order chi connectivity index (χ1) is 11.6. The molecule has 1 N–H and O–H groups in total. The molecule has 0 saturated heterocycles. The first-order valence-corrected chi connectivity index (χ1v) is 9.56. The third-order valence-electron chi connectivity index (χ3n) is 2.90. The fourth-order valence-corrected chi connectivity index (χ4v) is 2.19. The van der Waals surface area contributed by atoms with E-state index in [9.17, 15) is 9.90 Å². The van der Waals surface area contributed by atoms with Crippen molar-refractivity contribution >= 4 is 37.8 Å². The number of hydrogen-bond acceptors (Lipinski definition) is 3. The van der Waals surface area contributed by atoms with Crippen LogP contribution in [0.4, 0.5) is 0 Å². The maximum absolute atomic E-state index is 10.9. The van der Waals surface area contributed by atoms with E-state index in [-0.39, 0.29) is 10.8 Å². The van der Waals surface area contributed by atoms with Gasteiger partial charge in [-0.05, 0) is 42.2 Å². The molecule has 24 heavy (non-hydrogen) atoms. The first-order valence-electron chi connectivity index (χ1n) is 7.72. The SMILES string of the molecule is COC(=O)CCCC#CC#CCCCC[C@@H](Br)[C@H](O)C#CC=CBr. The molecule has 0 amide bonds. The number of rotatable bonds is 8. The van der Waals surface area contributed by atoms with Gasteiger partial charge in [0.25, 0.3) is 0 Å². The lowest BCUT2D eigenvalue weighted by molar-refractivity contribution is -0.140. The highest BCUT2D eigenvalue weighted by Crippen LogP contribution is 2.14. The van der Waals surface area contributed by atoms with Gasteiger partial charge in [-0.15, -0.1) is 0 Å². The molecule has 0 radical (unpaired) electrons. The molecule has 5 heteroatoms. The molecule has 0 aliphatic carbocycles. The standard InChI is InChI=1S/C19H22Br2O3/c1-24-19(23)15-10-8-6-4-2-3-5-7-9-13-17(21)18(22)14-11-12-16-20/h12,16-18,22H,5,7-10,13,15H2,1H3/t17-,18-/m1/s1. The van der Waals surface area contributed by atoms with Crippen molar-refractivity contribution in [3.05, 3.63) is 11.1 Å². The number of esters is 1. The molecule has 130 valence electrons. The minimum Gasteiger partial charge on any atom is -0.469 e. The van der Waals surface area contributed by atoms with Crippen molar-refractivity contribution in [2.45, 2.75) is 55.9 Å². The molecule has 0 fully saturated rings. The summed E-state index contributed by atoms with van der Waals surface area (Å²) in [4.78, 5) is 12.5. The maximum atomic E-state index is 10.9. The van der Waals surface area contributed by atoms with Crippen LogP contribution in [0.2, 0.25) is 0 Å². The summed E-state index contributed by atoms with van der Waals surface area (Å²) in [6, 6.07) is 0. The number of aliphatic hydroxyl groups is 1. The Balaban J connectivity index is 3.74. The minimum absolute atomic E-state index is 0.0312. The number of hydrogen-bond donors (Lipinski definition) is 1. The van der Waals surface area contributed by atoms with Gasteiger partial charge >= 0.3 is 5.97 Å². The Bertz CT molecular complexity index is 565. The number of carbonyl (C=O) groups excluding carboxylic acids is 1. The lowest BCUT2D eigenvalue weighted by Gasteiger charge is -2.10. The van der Waals surface area contributed by atoms with Gasteiger partial charge in [0, 0.05) is 19.3 Å². The molecular formula is C19H22Br2O3. The zero-order valence-corrected chi connectivity index (χ0v) is 17.0. The van der Waals surface area contributed by atoms with Crippen LogP contribution in [0.3, 0.4) is 0 Å². The van der Waals surface area contributed by atoms with Gasteiger partial charge in [0.15, 0.2) is 0 Å². The largest absolute Gasteiger partial charge is 0.469 e. The topological polar surface area (TPSA) is 46.5 Å². The Kier molecular flexibility index (Phi) is 15.8. The van der Waals surface area contributed by atoms with Crippen molar-refractivity contribution in [1.29, 1.82) is 0 Å². The van der Waals surface area contributed by atoms with Crippen molar-refractivity contribution in [3.63, 3.8) is 0 Å². The van der Waals surface area contributed by atoms with E-state index in [1.54, 1.807) is 11.1 Å². The van der Waals surface area contributed by atoms with Gasteiger partial charge in [0.2, 0.25) is 0 Å². The molecule has 0 spiro atoms. The Morgan fingerprint density at radius 2 is 1.88 bits per heavy atom. The van der Waals surface area contributed by atoms with Crippen LogP contribution in [0.1, 0.15) is 44.9 Å². The molecule has 2 atom stereocenters. The summed E-state index contributed by atoms with van der Waals surface area (Å²) in [6.07, 6.45) is 6.26. The Morgan fingerprint density at radius 3 is 2.50 bits per heavy atom. The number of aliphatic hydroxyl groups excluding tert-OH is 1. The van der Waals surface area contributed by atoms with E-state index in [0.717, 1.165) is 25.7 Å². The molecule has 0 bridgehead atoms. The van der Waals surface area contributed by atoms with Crippen LogP contribution in [-0.4, -0.2) is 29.1 Å². The average molecular weight is 458 g/mol. The number of carbonyl (C=O) groups is 1. The number of alkyl halides is 1. The van der Waals surface area contributed by atoms with Crippen molar-refractivity contribution in [1.82, 2.24) is 0 Å². The lowest BCUT2D eigenvalue weighted by Crippen LogP contribution is -2.17. The monoisotopic (exact) mass is 456 g/mol. The molecule has 0 rings (SSSR count). The van der Waals surface area contributed by atoms with Crippen LogP contribution in [-0.2, 0) is 9.53 Å². The Morgan fingerprint density at radius 1 is 1.21 bits per heavy atom. The fraction of sp³-hybridized carbons (Fsp3) is 0.526. The number of ether oxygens (including phenoxy) is 1. The van der Waals surface area contributed by atoms with Crippen LogP contribution >= 0.6 is 31.9 Å². The van der Waals surface area contributed by atoms with Gasteiger partial charge in [-0.3, -0.25) is 4.79 Å². The van der Waals surface area contributed by atoms with Gasteiger partial charge in [0.1, 0.15) is 6.10 Å². The molecule has 0 aliphatic rings. The summed E-state index contributed by atoms with van der Waals surface area (Å²) in [6.45, 7) is 0. The minimum atomic E-state index is -0.671. The quantitative estimate of drug-likeness (QED) is 0.260.